The molecule has 1 saturated heterocycles. The Kier molecular flexibility index (Phi) is 4.37. The lowest BCUT2D eigenvalue weighted by molar-refractivity contribution is 0.0918. The van der Waals surface area contributed by atoms with Crippen LogP contribution in [0.5, 0.6) is 0 Å². The van der Waals surface area contributed by atoms with Crippen LogP contribution in [0.15, 0.2) is 41.1 Å². The maximum absolute atomic E-state index is 13.8. The number of furan rings is 1. The number of halogens is 1. The average Bonchev–Trinajstić information content (AvgIpc) is 3.08. The molecule has 6 heteroatoms. The predicted octanol–water partition coefficient (Wildman–Crippen LogP) is 2.46. The van der Waals surface area contributed by atoms with Crippen LogP contribution in [0.3, 0.4) is 0 Å². The second kappa shape index (κ2) is 6.60. The van der Waals surface area contributed by atoms with Crippen molar-refractivity contribution in [2.75, 3.05) is 24.5 Å². The number of hydrogen-bond acceptors (Lipinski definition) is 4. The van der Waals surface area contributed by atoms with Gasteiger partial charge in [-0.05, 0) is 43.0 Å². The Morgan fingerprint density at radius 1 is 1.45 bits per heavy atom. The summed E-state index contributed by atoms with van der Waals surface area (Å²) in [7, 11) is 0. The minimum Gasteiger partial charge on any atom is -0.459 e. The average molecular weight is 303 g/mol. The first-order chi connectivity index (χ1) is 10.7. The van der Waals surface area contributed by atoms with Crippen LogP contribution in [0, 0.1) is 11.7 Å². The summed E-state index contributed by atoms with van der Waals surface area (Å²) in [4.78, 5) is 17.9. The van der Waals surface area contributed by atoms with Crippen LogP contribution < -0.4 is 10.2 Å². The lowest BCUT2D eigenvalue weighted by Crippen LogP contribution is -2.41. The standard InChI is InChI=1S/C16H18FN3O2/c17-13-5-1-7-18-15(13)20-8-2-4-12(11-20)10-19-16(21)14-6-3-9-22-14/h1,3,5-7,9,12H,2,4,8,10-11H2,(H,19,21). The maximum Gasteiger partial charge on any atom is 0.286 e. The van der Waals surface area contributed by atoms with Gasteiger partial charge in [-0.15, -0.1) is 0 Å². The van der Waals surface area contributed by atoms with Crippen LogP contribution in [-0.2, 0) is 0 Å². The molecule has 0 saturated carbocycles. The summed E-state index contributed by atoms with van der Waals surface area (Å²) in [5.41, 5.74) is 0. The predicted molar refractivity (Wildman–Crippen MR) is 80.2 cm³/mol. The maximum atomic E-state index is 13.8. The number of carbonyl (C=O) groups excluding carboxylic acids is 1. The third-order valence-electron chi connectivity index (χ3n) is 3.85. The second-order valence-electron chi connectivity index (χ2n) is 5.45. The lowest BCUT2D eigenvalue weighted by atomic mass is 9.98. The zero-order valence-corrected chi connectivity index (χ0v) is 12.2. The van der Waals surface area contributed by atoms with Gasteiger partial charge in [-0.1, -0.05) is 0 Å². The van der Waals surface area contributed by atoms with Gasteiger partial charge >= 0.3 is 0 Å². The summed E-state index contributed by atoms with van der Waals surface area (Å²) in [5, 5.41) is 2.87. The fourth-order valence-corrected chi connectivity index (χ4v) is 2.77. The summed E-state index contributed by atoms with van der Waals surface area (Å²) < 4.78 is 18.9. The monoisotopic (exact) mass is 303 g/mol. The van der Waals surface area contributed by atoms with Crippen LogP contribution in [0.25, 0.3) is 0 Å². The van der Waals surface area contributed by atoms with E-state index < -0.39 is 0 Å². The molecule has 2 aromatic rings. The van der Waals surface area contributed by atoms with E-state index in [4.69, 9.17) is 4.42 Å². The van der Waals surface area contributed by atoms with Gasteiger partial charge in [-0.3, -0.25) is 4.79 Å². The van der Waals surface area contributed by atoms with Crippen molar-refractivity contribution in [2.24, 2.45) is 5.92 Å². The van der Waals surface area contributed by atoms with Crippen LogP contribution in [0.1, 0.15) is 23.4 Å². The van der Waals surface area contributed by atoms with Crippen molar-refractivity contribution in [3.63, 3.8) is 0 Å². The number of nitrogens with one attached hydrogen (secondary N) is 1. The van der Waals surface area contributed by atoms with Gasteiger partial charge < -0.3 is 14.6 Å². The molecule has 1 N–H and O–H groups in total. The molecule has 1 fully saturated rings. The van der Waals surface area contributed by atoms with E-state index in [9.17, 15) is 9.18 Å². The Hall–Kier alpha value is -2.37. The van der Waals surface area contributed by atoms with Crippen LogP contribution in [-0.4, -0.2) is 30.5 Å². The molecule has 1 aliphatic heterocycles. The number of nitrogens with zero attached hydrogens (tertiary/aromatic N) is 2. The van der Waals surface area contributed by atoms with Crippen molar-refractivity contribution in [3.8, 4) is 0 Å². The fraction of sp³-hybridized carbons (Fsp3) is 0.375. The zero-order chi connectivity index (χ0) is 15.4. The van der Waals surface area contributed by atoms with Gasteiger partial charge in [0.05, 0.1) is 6.26 Å². The molecular formula is C16H18FN3O2. The van der Waals surface area contributed by atoms with E-state index >= 15 is 0 Å². The molecule has 5 nitrogen and oxygen atoms in total. The number of rotatable bonds is 4. The largest absolute Gasteiger partial charge is 0.459 e. The van der Waals surface area contributed by atoms with E-state index in [0.29, 0.717) is 24.7 Å². The van der Waals surface area contributed by atoms with E-state index in [1.807, 2.05) is 4.90 Å². The molecule has 0 aromatic carbocycles. The number of anilines is 1. The van der Waals surface area contributed by atoms with Crippen molar-refractivity contribution < 1.29 is 13.6 Å². The first-order valence-corrected chi connectivity index (χ1v) is 7.41. The third-order valence-corrected chi connectivity index (χ3v) is 3.85. The van der Waals surface area contributed by atoms with Crippen LogP contribution >= 0.6 is 0 Å². The number of aromatic nitrogens is 1. The van der Waals surface area contributed by atoms with Gasteiger partial charge in [-0.25, -0.2) is 9.37 Å². The van der Waals surface area contributed by atoms with Crippen molar-refractivity contribution in [1.82, 2.24) is 10.3 Å². The summed E-state index contributed by atoms with van der Waals surface area (Å²) >= 11 is 0. The van der Waals surface area contributed by atoms with Gasteiger partial charge in [0.2, 0.25) is 0 Å². The van der Waals surface area contributed by atoms with E-state index in [-0.39, 0.29) is 17.6 Å². The van der Waals surface area contributed by atoms with Crippen molar-refractivity contribution >= 4 is 11.7 Å². The highest BCUT2D eigenvalue weighted by atomic mass is 19.1. The van der Waals surface area contributed by atoms with Gasteiger partial charge in [0.15, 0.2) is 17.4 Å². The molecular weight excluding hydrogens is 285 g/mol. The highest BCUT2D eigenvalue weighted by molar-refractivity contribution is 5.91. The van der Waals surface area contributed by atoms with Crippen LogP contribution in [0.2, 0.25) is 0 Å². The Morgan fingerprint density at radius 3 is 3.14 bits per heavy atom. The summed E-state index contributed by atoms with van der Waals surface area (Å²) in [6, 6.07) is 6.32. The molecule has 0 aliphatic carbocycles. The molecule has 1 atom stereocenters. The minimum atomic E-state index is -0.303. The molecule has 116 valence electrons. The second-order valence-corrected chi connectivity index (χ2v) is 5.45. The molecule has 2 aromatic heterocycles. The highest BCUT2D eigenvalue weighted by Crippen LogP contribution is 2.23. The number of hydrogen-bond donors (Lipinski definition) is 1. The smallest absolute Gasteiger partial charge is 0.286 e. The molecule has 1 amide bonds. The molecule has 1 aliphatic rings. The number of pyridine rings is 1. The molecule has 22 heavy (non-hydrogen) atoms. The molecule has 0 spiro atoms. The lowest BCUT2D eigenvalue weighted by Gasteiger charge is -2.33. The number of piperidine rings is 1. The molecule has 3 heterocycles. The van der Waals surface area contributed by atoms with E-state index in [1.165, 1.54) is 12.3 Å². The molecule has 0 radical (unpaired) electrons. The topological polar surface area (TPSA) is 58.4 Å². The highest BCUT2D eigenvalue weighted by Gasteiger charge is 2.23. The van der Waals surface area contributed by atoms with Crippen LogP contribution in [0.4, 0.5) is 10.2 Å². The number of amides is 1. The Morgan fingerprint density at radius 2 is 2.36 bits per heavy atom. The van der Waals surface area contributed by atoms with Gasteiger partial charge in [0, 0.05) is 25.8 Å². The fourth-order valence-electron chi connectivity index (χ4n) is 2.77. The van der Waals surface area contributed by atoms with Gasteiger partial charge in [0.1, 0.15) is 0 Å². The van der Waals surface area contributed by atoms with Crippen molar-refractivity contribution in [2.45, 2.75) is 12.8 Å². The van der Waals surface area contributed by atoms with E-state index in [1.54, 1.807) is 24.4 Å². The normalized spacial score (nSPS) is 18.2. The molecule has 1 unspecified atom stereocenters. The van der Waals surface area contributed by atoms with Crippen molar-refractivity contribution in [1.29, 1.82) is 0 Å². The SMILES string of the molecule is O=C(NCC1CCCN(c2ncccc2F)C1)c1ccco1. The summed E-state index contributed by atoms with van der Waals surface area (Å²) in [6.07, 6.45) is 5.03. The van der Waals surface area contributed by atoms with E-state index in [0.717, 1.165) is 19.4 Å². The first kappa shape index (κ1) is 14.6. The molecule has 3 rings (SSSR count). The Bertz CT molecular complexity index is 630. The molecule has 0 bridgehead atoms. The minimum absolute atomic E-state index is 0.217. The summed E-state index contributed by atoms with van der Waals surface area (Å²) in [6.45, 7) is 2.02. The quantitative estimate of drug-likeness (QED) is 0.942. The zero-order valence-electron chi connectivity index (χ0n) is 12.2. The Balaban J connectivity index is 1.57. The third kappa shape index (κ3) is 3.27. The van der Waals surface area contributed by atoms with Crippen molar-refractivity contribution in [3.05, 3.63) is 48.3 Å². The van der Waals surface area contributed by atoms with Gasteiger partial charge in [0.25, 0.3) is 5.91 Å². The summed E-state index contributed by atoms with van der Waals surface area (Å²) in [5.74, 6) is 0.455. The Labute approximate surface area is 128 Å². The number of carbonyl (C=O) groups is 1. The van der Waals surface area contributed by atoms with Gasteiger partial charge in [-0.2, -0.15) is 0 Å². The first-order valence-electron chi connectivity index (χ1n) is 7.41. The van der Waals surface area contributed by atoms with E-state index in [2.05, 4.69) is 10.3 Å².